The van der Waals surface area contributed by atoms with Crippen molar-refractivity contribution in [3.8, 4) is 11.1 Å². The van der Waals surface area contributed by atoms with E-state index in [0.717, 1.165) is 28.3 Å². The number of rotatable bonds is 9. The lowest BCUT2D eigenvalue weighted by atomic mass is 9.83. The number of carboxylic acids is 1. The number of aliphatic carboxylic acids is 1. The first-order chi connectivity index (χ1) is 21.3. The van der Waals surface area contributed by atoms with E-state index in [4.69, 9.17) is 4.42 Å². The Morgan fingerprint density at radius 2 is 1.67 bits per heavy atom. The van der Waals surface area contributed by atoms with Crippen LogP contribution in [-0.2, 0) is 35.9 Å². The zero-order valence-corrected chi connectivity index (χ0v) is 25.3. The molecular weight excluding hydrogens is 583 g/mol. The monoisotopic (exact) mass is 615 g/mol. The number of hydrogen-bond acceptors (Lipinski definition) is 5. The maximum Gasteiger partial charge on any atom is 0.449 e. The molecule has 10 heteroatoms. The number of benzene rings is 2. The van der Waals surface area contributed by atoms with Crippen molar-refractivity contribution < 1.29 is 32.3 Å². The summed E-state index contributed by atoms with van der Waals surface area (Å²) in [5, 5.41) is 9.65. The molecule has 3 aromatic heterocycles. The van der Waals surface area contributed by atoms with Gasteiger partial charge in [0, 0.05) is 18.4 Å². The van der Waals surface area contributed by atoms with Gasteiger partial charge >= 0.3 is 12.1 Å². The maximum absolute atomic E-state index is 14.1. The molecule has 3 heterocycles. The number of furan rings is 1. The van der Waals surface area contributed by atoms with Crippen molar-refractivity contribution in [2.75, 3.05) is 0 Å². The van der Waals surface area contributed by atoms with E-state index in [9.17, 15) is 27.9 Å². The van der Waals surface area contributed by atoms with Crippen LogP contribution in [0.3, 0.4) is 0 Å². The minimum atomic E-state index is -4.65. The van der Waals surface area contributed by atoms with Gasteiger partial charge in [0.05, 0.1) is 23.0 Å². The molecule has 2 aromatic carbocycles. The molecule has 0 aliphatic heterocycles. The second kappa shape index (κ2) is 12.2. The van der Waals surface area contributed by atoms with E-state index in [1.807, 2.05) is 56.3 Å². The number of carboxylic acid groups (broad SMARTS) is 1. The molecule has 1 N–H and O–H groups in total. The Kier molecular flexibility index (Phi) is 8.51. The Balaban J connectivity index is 1.49. The Bertz CT molecular complexity index is 1880. The number of hydrogen-bond donors (Lipinski definition) is 1. The van der Waals surface area contributed by atoms with E-state index in [0.29, 0.717) is 34.3 Å². The van der Waals surface area contributed by atoms with Gasteiger partial charge in [-0.3, -0.25) is 19.6 Å². The molecule has 232 valence electrons. The van der Waals surface area contributed by atoms with Gasteiger partial charge in [0.25, 0.3) is 5.91 Å². The lowest BCUT2D eigenvalue weighted by Crippen LogP contribution is -2.30. The summed E-state index contributed by atoms with van der Waals surface area (Å²) in [6.45, 7) is 6.95. The second-order valence-electron chi connectivity index (χ2n) is 11.5. The van der Waals surface area contributed by atoms with Crippen LogP contribution in [0, 0.1) is 6.92 Å². The highest BCUT2D eigenvalue weighted by molar-refractivity contribution is 6.04. The predicted molar refractivity (Wildman–Crippen MR) is 163 cm³/mol. The molecule has 5 aromatic rings. The Labute approximate surface area is 258 Å². The molecule has 0 saturated carbocycles. The van der Waals surface area contributed by atoms with Crippen molar-refractivity contribution in [1.29, 1.82) is 0 Å². The van der Waals surface area contributed by atoms with Gasteiger partial charge in [0.1, 0.15) is 11.3 Å². The number of pyridine rings is 2. The standard InChI is InChI=1S/C35H32F3N3O4/c1-5-26-17-28(31-29(40-26)15-21(2)18-39-31)32(42)41(20-27-13-14-30(45-27)35(36,37)38)19-22-9-11-23(12-10-22)24-7-6-8-25(16-24)34(3,4)33(43)44/h6-18H,5,19-20H2,1-4H3,(H,43,44). The summed E-state index contributed by atoms with van der Waals surface area (Å²) in [6, 6.07) is 20.3. The van der Waals surface area contributed by atoms with Crippen LogP contribution in [0.5, 0.6) is 0 Å². The van der Waals surface area contributed by atoms with E-state index in [-0.39, 0.29) is 18.8 Å². The minimum absolute atomic E-state index is 0.0111. The van der Waals surface area contributed by atoms with E-state index < -0.39 is 29.2 Å². The smallest absolute Gasteiger partial charge is 0.449 e. The average Bonchev–Trinajstić information content (AvgIpc) is 3.49. The summed E-state index contributed by atoms with van der Waals surface area (Å²) in [5.74, 6) is -2.51. The first-order valence-electron chi connectivity index (χ1n) is 14.4. The van der Waals surface area contributed by atoms with Crippen LogP contribution in [0.15, 0.2) is 83.4 Å². The van der Waals surface area contributed by atoms with Crippen molar-refractivity contribution in [2.45, 2.75) is 58.8 Å². The van der Waals surface area contributed by atoms with Gasteiger partial charge in [-0.2, -0.15) is 13.2 Å². The highest BCUT2D eigenvalue weighted by atomic mass is 19.4. The number of fused-ring (bicyclic) bond motifs is 1. The number of aryl methyl sites for hydroxylation is 2. The third-order valence-electron chi connectivity index (χ3n) is 7.78. The summed E-state index contributed by atoms with van der Waals surface area (Å²) in [4.78, 5) is 36.4. The molecule has 1 amide bonds. The number of carbonyl (C=O) groups excluding carboxylic acids is 1. The van der Waals surface area contributed by atoms with Crippen molar-refractivity contribution in [1.82, 2.24) is 14.9 Å². The summed E-state index contributed by atoms with van der Waals surface area (Å²) in [6.07, 6.45) is -2.44. The molecule has 0 aliphatic carbocycles. The topological polar surface area (TPSA) is 96.5 Å². The third-order valence-corrected chi connectivity index (χ3v) is 7.78. The van der Waals surface area contributed by atoms with E-state index >= 15 is 0 Å². The Hall–Kier alpha value is -4.99. The number of amides is 1. The van der Waals surface area contributed by atoms with Crippen LogP contribution in [0.25, 0.3) is 22.2 Å². The zero-order valence-electron chi connectivity index (χ0n) is 25.3. The largest absolute Gasteiger partial charge is 0.481 e. The van der Waals surface area contributed by atoms with Gasteiger partial charge in [0.2, 0.25) is 5.76 Å². The fraction of sp³-hybridized carbons (Fsp3) is 0.257. The molecule has 0 atom stereocenters. The van der Waals surface area contributed by atoms with Gasteiger partial charge in [-0.1, -0.05) is 55.5 Å². The molecule has 0 aliphatic rings. The molecule has 0 unspecified atom stereocenters. The second-order valence-corrected chi connectivity index (χ2v) is 11.5. The molecular formula is C35H32F3N3O4. The molecule has 0 saturated heterocycles. The fourth-order valence-electron chi connectivity index (χ4n) is 5.02. The lowest BCUT2D eigenvalue weighted by Gasteiger charge is -2.23. The molecule has 0 radical (unpaired) electrons. The molecule has 5 rings (SSSR count). The number of halogens is 3. The van der Waals surface area contributed by atoms with Crippen LogP contribution in [-0.4, -0.2) is 31.9 Å². The fourth-order valence-corrected chi connectivity index (χ4v) is 5.02. The summed E-state index contributed by atoms with van der Waals surface area (Å²) >= 11 is 0. The number of aromatic nitrogens is 2. The average molecular weight is 616 g/mol. The molecule has 7 nitrogen and oxygen atoms in total. The normalized spacial score (nSPS) is 12.0. The summed E-state index contributed by atoms with van der Waals surface area (Å²) in [7, 11) is 0. The van der Waals surface area contributed by atoms with Gasteiger partial charge in [-0.15, -0.1) is 0 Å². The molecule has 0 fully saturated rings. The van der Waals surface area contributed by atoms with Gasteiger partial charge in [-0.25, -0.2) is 0 Å². The van der Waals surface area contributed by atoms with Crippen LogP contribution < -0.4 is 0 Å². The molecule has 0 bridgehead atoms. The van der Waals surface area contributed by atoms with Crippen molar-refractivity contribution in [3.63, 3.8) is 0 Å². The van der Waals surface area contributed by atoms with Crippen LogP contribution >= 0.6 is 0 Å². The van der Waals surface area contributed by atoms with Crippen LogP contribution in [0.2, 0.25) is 0 Å². The summed E-state index contributed by atoms with van der Waals surface area (Å²) in [5.41, 5.74) is 4.82. The number of nitrogens with zero attached hydrogens (tertiary/aromatic N) is 3. The molecule has 0 spiro atoms. The predicted octanol–water partition coefficient (Wildman–Crippen LogP) is 7.98. The first-order valence-corrected chi connectivity index (χ1v) is 14.4. The first kappa shape index (κ1) is 31.4. The zero-order chi connectivity index (χ0) is 32.5. The van der Waals surface area contributed by atoms with E-state index in [2.05, 4.69) is 9.97 Å². The lowest BCUT2D eigenvalue weighted by molar-refractivity contribution is -0.153. The highest BCUT2D eigenvalue weighted by Crippen LogP contribution is 2.32. The van der Waals surface area contributed by atoms with E-state index in [1.54, 1.807) is 38.2 Å². The molecule has 45 heavy (non-hydrogen) atoms. The van der Waals surface area contributed by atoms with Crippen LogP contribution in [0.4, 0.5) is 13.2 Å². The highest BCUT2D eigenvalue weighted by Gasteiger charge is 2.35. The number of alkyl halides is 3. The van der Waals surface area contributed by atoms with E-state index in [1.165, 1.54) is 11.0 Å². The Morgan fingerprint density at radius 1 is 0.933 bits per heavy atom. The van der Waals surface area contributed by atoms with Crippen molar-refractivity contribution in [2.24, 2.45) is 0 Å². The quantitative estimate of drug-likeness (QED) is 0.181. The minimum Gasteiger partial charge on any atom is -0.481 e. The van der Waals surface area contributed by atoms with Crippen molar-refractivity contribution >= 4 is 22.9 Å². The van der Waals surface area contributed by atoms with Gasteiger partial charge in [-0.05, 0) is 79.3 Å². The summed E-state index contributed by atoms with van der Waals surface area (Å²) < 4.78 is 45.0. The van der Waals surface area contributed by atoms with Crippen molar-refractivity contribution in [3.05, 3.63) is 118 Å². The maximum atomic E-state index is 14.1. The van der Waals surface area contributed by atoms with Crippen LogP contribution in [0.1, 0.15) is 65.0 Å². The Morgan fingerprint density at radius 3 is 2.31 bits per heavy atom. The third kappa shape index (κ3) is 6.74. The SMILES string of the molecule is CCc1cc(C(=O)N(Cc2ccc(-c3cccc(C(C)(C)C(=O)O)c3)cc2)Cc2ccc(C(F)(F)F)o2)c2ncc(C)cc2n1. The van der Waals surface area contributed by atoms with Gasteiger partial charge in [0.15, 0.2) is 0 Å². The van der Waals surface area contributed by atoms with Gasteiger partial charge < -0.3 is 14.4 Å². The number of carbonyl (C=O) groups is 2.